The summed E-state index contributed by atoms with van der Waals surface area (Å²) >= 11 is 0. The molecule has 2 amide bonds. The number of anilines is 1. The number of amides is 2. The van der Waals surface area contributed by atoms with Crippen LogP contribution in [0.4, 0.5) is 10.5 Å². The molecule has 0 aliphatic heterocycles. The van der Waals surface area contributed by atoms with Crippen LogP contribution in [-0.4, -0.2) is 33.9 Å². The van der Waals surface area contributed by atoms with Crippen molar-refractivity contribution in [1.82, 2.24) is 15.5 Å². The van der Waals surface area contributed by atoms with E-state index in [0.29, 0.717) is 17.4 Å². The number of aliphatic hydroxyl groups is 1. The number of nitrogens with zero attached hydrogens (tertiary/aromatic N) is 2. The number of carbonyl (C=O) groups excluding carboxylic acids is 1. The van der Waals surface area contributed by atoms with Gasteiger partial charge in [-0.05, 0) is 25.0 Å². The van der Waals surface area contributed by atoms with Gasteiger partial charge in [-0.15, -0.1) is 0 Å². The average Bonchev–Trinajstić information content (AvgIpc) is 2.91. The first-order chi connectivity index (χ1) is 12.2. The van der Waals surface area contributed by atoms with E-state index >= 15 is 0 Å². The first-order valence-corrected chi connectivity index (χ1v) is 8.75. The van der Waals surface area contributed by atoms with Crippen LogP contribution in [0.1, 0.15) is 38.0 Å². The van der Waals surface area contributed by atoms with Crippen LogP contribution in [0, 0.1) is 12.8 Å². The Morgan fingerprint density at radius 3 is 2.92 bits per heavy atom. The standard InChI is InChI=1S/C18H24N4O3/c1-12-19-17(22-25-12)13-7-5-8-15(10-13)20-18(24)21-16-9-4-2-3-6-14(16)11-23/h5,7-8,10,14,16,23H,2-4,6,9,11H2,1H3,(H2,20,21,24). The van der Waals surface area contributed by atoms with Crippen molar-refractivity contribution >= 4 is 11.7 Å². The van der Waals surface area contributed by atoms with E-state index in [0.717, 1.165) is 37.7 Å². The summed E-state index contributed by atoms with van der Waals surface area (Å²) in [5.74, 6) is 1.11. The lowest BCUT2D eigenvalue weighted by molar-refractivity contribution is 0.182. The smallest absolute Gasteiger partial charge is 0.319 e. The third kappa shape index (κ3) is 4.57. The van der Waals surface area contributed by atoms with Gasteiger partial charge < -0.3 is 20.3 Å². The Morgan fingerprint density at radius 2 is 2.16 bits per heavy atom. The number of aryl methyl sites for hydroxylation is 1. The fourth-order valence-corrected chi connectivity index (χ4v) is 3.28. The molecule has 2 atom stereocenters. The molecule has 3 N–H and O–H groups in total. The summed E-state index contributed by atoms with van der Waals surface area (Å²) in [5.41, 5.74) is 1.43. The Hall–Kier alpha value is -2.41. The third-order valence-corrected chi connectivity index (χ3v) is 4.62. The van der Waals surface area contributed by atoms with Crippen LogP contribution in [0.2, 0.25) is 0 Å². The van der Waals surface area contributed by atoms with Gasteiger partial charge in [-0.3, -0.25) is 0 Å². The molecule has 1 aliphatic carbocycles. The summed E-state index contributed by atoms with van der Waals surface area (Å²) in [6.45, 7) is 1.84. The highest BCUT2D eigenvalue weighted by molar-refractivity contribution is 5.90. The highest BCUT2D eigenvalue weighted by atomic mass is 16.5. The molecular weight excluding hydrogens is 320 g/mol. The average molecular weight is 344 g/mol. The molecule has 1 aliphatic rings. The van der Waals surface area contributed by atoms with Gasteiger partial charge in [0.1, 0.15) is 0 Å². The zero-order valence-corrected chi connectivity index (χ0v) is 14.4. The second-order valence-electron chi connectivity index (χ2n) is 6.50. The van der Waals surface area contributed by atoms with Gasteiger partial charge in [-0.2, -0.15) is 4.98 Å². The predicted octanol–water partition coefficient (Wildman–Crippen LogP) is 3.11. The maximum Gasteiger partial charge on any atom is 0.319 e. The van der Waals surface area contributed by atoms with Gasteiger partial charge in [-0.25, -0.2) is 4.79 Å². The molecule has 7 heteroatoms. The van der Waals surface area contributed by atoms with Crippen molar-refractivity contribution in [2.75, 3.05) is 11.9 Å². The number of carbonyl (C=O) groups is 1. The van der Waals surface area contributed by atoms with Crippen LogP contribution in [0.25, 0.3) is 11.4 Å². The second-order valence-corrected chi connectivity index (χ2v) is 6.50. The molecule has 3 rings (SSSR count). The van der Waals surface area contributed by atoms with Crippen molar-refractivity contribution in [3.63, 3.8) is 0 Å². The van der Waals surface area contributed by atoms with Gasteiger partial charge in [0.15, 0.2) is 0 Å². The molecule has 1 heterocycles. The lowest BCUT2D eigenvalue weighted by Gasteiger charge is -2.24. The monoisotopic (exact) mass is 344 g/mol. The SMILES string of the molecule is Cc1nc(-c2cccc(NC(=O)NC3CCCCCC3CO)c2)no1. The fourth-order valence-electron chi connectivity index (χ4n) is 3.28. The van der Waals surface area contributed by atoms with Gasteiger partial charge in [0, 0.05) is 36.7 Å². The van der Waals surface area contributed by atoms with Crippen molar-refractivity contribution in [3.8, 4) is 11.4 Å². The molecule has 7 nitrogen and oxygen atoms in total. The molecule has 1 aromatic heterocycles. The van der Waals surface area contributed by atoms with Crippen LogP contribution >= 0.6 is 0 Å². The number of aromatic nitrogens is 2. The number of benzene rings is 1. The summed E-state index contributed by atoms with van der Waals surface area (Å²) in [7, 11) is 0. The van der Waals surface area contributed by atoms with Crippen LogP contribution in [0.15, 0.2) is 28.8 Å². The van der Waals surface area contributed by atoms with Crippen LogP contribution < -0.4 is 10.6 Å². The van der Waals surface area contributed by atoms with E-state index in [4.69, 9.17) is 4.52 Å². The number of aliphatic hydroxyl groups excluding tert-OH is 1. The Labute approximate surface area is 146 Å². The predicted molar refractivity (Wildman–Crippen MR) is 94.1 cm³/mol. The minimum Gasteiger partial charge on any atom is -0.396 e. The Bertz CT molecular complexity index is 716. The van der Waals surface area contributed by atoms with E-state index in [1.165, 1.54) is 0 Å². The fraction of sp³-hybridized carbons (Fsp3) is 0.500. The maximum atomic E-state index is 12.4. The van der Waals surface area contributed by atoms with E-state index in [2.05, 4.69) is 20.8 Å². The van der Waals surface area contributed by atoms with Crippen molar-refractivity contribution in [2.24, 2.45) is 5.92 Å². The summed E-state index contributed by atoms with van der Waals surface area (Å²) in [4.78, 5) is 16.5. The molecule has 1 aromatic carbocycles. The largest absolute Gasteiger partial charge is 0.396 e. The number of rotatable bonds is 4. The van der Waals surface area contributed by atoms with Crippen molar-refractivity contribution in [2.45, 2.75) is 45.1 Å². The van der Waals surface area contributed by atoms with Crippen LogP contribution in [0.5, 0.6) is 0 Å². The summed E-state index contributed by atoms with van der Waals surface area (Å²) < 4.78 is 4.99. The van der Waals surface area contributed by atoms with Crippen LogP contribution in [-0.2, 0) is 0 Å². The van der Waals surface area contributed by atoms with Crippen molar-refractivity contribution in [3.05, 3.63) is 30.2 Å². The Morgan fingerprint density at radius 1 is 1.32 bits per heavy atom. The molecule has 25 heavy (non-hydrogen) atoms. The first-order valence-electron chi connectivity index (χ1n) is 8.75. The normalized spacial score (nSPS) is 20.7. The second kappa shape index (κ2) is 8.11. The van der Waals surface area contributed by atoms with Gasteiger partial charge >= 0.3 is 6.03 Å². The molecular formula is C18H24N4O3. The van der Waals surface area contributed by atoms with E-state index in [1.807, 2.05) is 18.2 Å². The van der Waals surface area contributed by atoms with Crippen LogP contribution in [0.3, 0.4) is 0 Å². The minimum absolute atomic E-state index is 0.00976. The molecule has 1 saturated carbocycles. The zero-order chi connectivity index (χ0) is 17.6. The number of nitrogens with one attached hydrogen (secondary N) is 2. The number of urea groups is 1. The highest BCUT2D eigenvalue weighted by Crippen LogP contribution is 2.24. The molecule has 1 fully saturated rings. The third-order valence-electron chi connectivity index (χ3n) is 4.62. The molecule has 0 radical (unpaired) electrons. The van der Waals surface area contributed by atoms with E-state index in [1.54, 1.807) is 13.0 Å². The summed E-state index contributed by atoms with van der Waals surface area (Å²) in [6, 6.07) is 7.06. The van der Waals surface area contributed by atoms with Gasteiger partial charge in [-0.1, -0.05) is 36.6 Å². The maximum absolute atomic E-state index is 12.4. The van der Waals surface area contributed by atoms with Gasteiger partial charge in [0.05, 0.1) is 0 Å². The number of hydrogen-bond acceptors (Lipinski definition) is 5. The van der Waals surface area contributed by atoms with E-state index in [-0.39, 0.29) is 24.6 Å². The minimum atomic E-state index is -0.258. The van der Waals surface area contributed by atoms with Gasteiger partial charge in [0.25, 0.3) is 0 Å². The topological polar surface area (TPSA) is 100 Å². The Kier molecular flexibility index (Phi) is 5.65. The molecule has 134 valence electrons. The molecule has 0 spiro atoms. The van der Waals surface area contributed by atoms with E-state index in [9.17, 15) is 9.90 Å². The summed E-state index contributed by atoms with van der Waals surface area (Å²) in [6.07, 6.45) is 5.20. The zero-order valence-electron chi connectivity index (χ0n) is 14.4. The quantitative estimate of drug-likeness (QED) is 0.740. The highest BCUT2D eigenvalue weighted by Gasteiger charge is 2.24. The molecule has 0 bridgehead atoms. The van der Waals surface area contributed by atoms with E-state index < -0.39 is 0 Å². The molecule has 2 unspecified atom stereocenters. The van der Waals surface area contributed by atoms with Crippen molar-refractivity contribution in [1.29, 1.82) is 0 Å². The lowest BCUT2D eigenvalue weighted by Crippen LogP contribution is -2.43. The molecule has 0 saturated heterocycles. The summed E-state index contributed by atoms with van der Waals surface area (Å²) in [5, 5.41) is 19.3. The van der Waals surface area contributed by atoms with Gasteiger partial charge in [0.2, 0.25) is 11.7 Å². The lowest BCUT2D eigenvalue weighted by atomic mass is 9.96. The molecule has 2 aromatic rings. The van der Waals surface area contributed by atoms with Crippen molar-refractivity contribution < 1.29 is 14.4 Å². The Balaban J connectivity index is 1.64. The first kappa shape index (κ1) is 17.4. The number of hydrogen-bond donors (Lipinski definition) is 3.